The van der Waals surface area contributed by atoms with Gasteiger partial charge in [-0.25, -0.2) is 0 Å². The summed E-state index contributed by atoms with van der Waals surface area (Å²) in [5.74, 6) is 2.38. The molecule has 120 valence electrons. The number of halogens is 1. The first-order chi connectivity index (χ1) is 11.7. The van der Waals surface area contributed by atoms with E-state index in [-0.39, 0.29) is 19.5 Å². The maximum Gasteiger partial charge on any atom is 0.256 e. The van der Waals surface area contributed by atoms with Gasteiger partial charge in [0.15, 0.2) is 23.0 Å². The van der Waals surface area contributed by atoms with E-state index in [1.165, 1.54) is 0 Å². The molecule has 3 aliphatic rings. The van der Waals surface area contributed by atoms with Gasteiger partial charge in [0.05, 0.1) is 16.8 Å². The summed E-state index contributed by atoms with van der Waals surface area (Å²) >= 11 is 3.51. The number of rotatable bonds is 1. The zero-order valence-electron chi connectivity index (χ0n) is 12.2. The second kappa shape index (κ2) is 4.91. The first-order valence-corrected chi connectivity index (χ1v) is 8.05. The highest BCUT2D eigenvalue weighted by Crippen LogP contribution is 2.48. The van der Waals surface area contributed by atoms with Crippen LogP contribution in [0.25, 0.3) is 11.6 Å². The van der Waals surface area contributed by atoms with Gasteiger partial charge in [-0.3, -0.25) is 4.79 Å². The van der Waals surface area contributed by atoms with Crippen molar-refractivity contribution < 1.29 is 23.7 Å². The lowest BCUT2D eigenvalue weighted by molar-refractivity contribution is -0.110. The van der Waals surface area contributed by atoms with Crippen LogP contribution in [0.3, 0.4) is 0 Å². The zero-order valence-corrected chi connectivity index (χ0v) is 13.8. The molecular weight excluding hydrogens is 378 g/mol. The fourth-order valence-corrected chi connectivity index (χ4v) is 3.42. The fourth-order valence-electron chi connectivity index (χ4n) is 2.98. The lowest BCUT2D eigenvalue weighted by Crippen LogP contribution is -2.03. The third-order valence-electron chi connectivity index (χ3n) is 4.09. The van der Waals surface area contributed by atoms with Gasteiger partial charge in [0.1, 0.15) is 0 Å². The summed E-state index contributed by atoms with van der Waals surface area (Å²) in [7, 11) is 0. The molecule has 0 atom stereocenters. The molecule has 7 heteroatoms. The number of benzene rings is 2. The van der Waals surface area contributed by atoms with E-state index in [0.717, 1.165) is 15.6 Å². The number of nitrogens with one attached hydrogen (secondary N) is 1. The Morgan fingerprint density at radius 2 is 1.75 bits per heavy atom. The van der Waals surface area contributed by atoms with E-state index >= 15 is 0 Å². The molecule has 0 fully saturated rings. The van der Waals surface area contributed by atoms with Crippen LogP contribution < -0.4 is 24.3 Å². The van der Waals surface area contributed by atoms with E-state index in [1.807, 2.05) is 18.2 Å². The summed E-state index contributed by atoms with van der Waals surface area (Å²) in [4.78, 5) is 12.4. The molecule has 0 radical (unpaired) electrons. The zero-order chi connectivity index (χ0) is 16.3. The van der Waals surface area contributed by atoms with E-state index in [9.17, 15) is 4.79 Å². The molecule has 0 saturated heterocycles. The summed E-state index contributed by atoms with van der Waals surface area (Å²) in [5.41, 5.74) is 2.77. The van der Waals surface area contributed by atoms with Crippen LogP contribution in [0, 0.1) is 0 Å². The average molecular weight is 388 g/mol. The molecule has 3 heterocycles. The van der Waals surface area contributed by atoms with Gasteiger partial charge in [-0.2, -0.15) is 0 Å². The molecule has 2 aromatic rings. The van der Waals surface area contributed by atoms with Crippen molar-refractivity contribution in [2.45, 2.75) is 0 Å². The number of carbonyl (C=O) groups excluding carboxylic acids is 1. The van der Waals surface area contributed by atoms with E-state index in [4.69, 9.17) is 18.9 Å². The van der Waals surface area contributed by atoms with Gasteiger partial charge < -0.3 is 24.3 Å². The van der Waals surface area contributed by atoms with Crippen molar-refractivity contribution in [1.82, 2.24) is 0 Å². The summed E-state index contributed by atoms with van der Waals surface area (Å²) in [6.45, 7) is 0.352. The summed E-state index contributed by atoms with van der Waals surface area (Å²) in [6, 6.07) is 7.28. The third-order valence-corrected chi connectivity index (χ3v) is 4.78. The van der Waals surface area contributed by atoms with Crippen LogP contribution >= 0.6 is 15.9 Å². The van der Waals surface area contributed by atoms with Crippen molar-refractivity contribution in [2.24, 2.45) is 0 Å². The van der Waals surface area contributed by atoms with Crippen molar-refractivity contribution in [2.75, 3.05) is 18.9 Å². The maximum absolute atomic E-state index is 12.4. The minimum absolute atomic E-state index is 0.154. The average Bonchev–Trinajstić information content (AvgIpc) is 3.26. The molecule has 1 amide bonds. The Morgan fingerprint density at radius 1 is 1.00 bits per heavy atom. The van der Waals surface area contributed by atoms with Crippen LogP contribution in [0.5, 0.6) is 23.0 Å². The number of hydrogen-bond donors (Lipinski definition) is 1. The van der Waals surface area contributed by atoms with Crippen molar-refractivity contribution in [3.8, 4) is 23.0 Å². The Morgan fingerprint density at radius 3 is 2.62 bits per heavy atom. The van der Waals surface area contributed by atoms with Gasteiger partial charge in [0.25, 0.3) is 5.91 Å². The van der Waals surface area contributed by atoms with Crippen LogP contribution in [0.4, 0.5) is 5.69 Å². The molecule has 1 N–H and O–H groups in total. The van der Waals surface area contributed by atoms with Gasteiger partial charge in [-0.15, -0.1) is 0 Å². The molecular formula is C17H10BrNO5. The highest BCUT2D eigenvalue weighted by atomic mass is 79.9. The van der Waals surface area contributed by atoms with Crippen LogP contribution in [-0.4, -0.2) is 19.5 Å². The second-order valence-electron chi connectivity index (χ2n) is 5.46. The van der Waals surface area contributed by atoms with Crippen molar-refractivity contribution in [1.29, 1.82) is 0 Å². The lowest BCUT2D eigenvalue weighted by atomic mass is 10.0. The van der Waals surface area contributed by atoms with Gasteiger partial charge >= 0.3 is 0 Å². The molecule has 2 aromatic carbocycles. The van der Waals surface area contributed by atoms with Gasteiger partial charge in [-0.05, 0) is 35.9 Å². The van der Waals surface area contributed by atoms with Crippen molar-refractivity contribution >= 4 is 39.2 Å². The van der Waals surface area contributed by atoms with Crippen LogP contribution in [0.2, 0.25) is 0 Å². The van der Waals surface area contributed by atoms with Crippen LogP contribution in [0.1, 0.15) is 11.1 Å². The molecule has 0 unspecified atom stereocenters. The Bertz CT molecular complexity index is 937. The highest BCUT2D eigenvalue weighted by molar-refractivity contribution is 9.10. The highest BCUT2D eigenvalue weighted by Gasteiger charge is 2.32. The van der Waals surface area contributed by atoms with E-state index < -0.39 is 0 Å². The monoisotopic (exact) mass is 387 g/mol. The Kier molecular flexibility index (Phi) is 2.81. The molecule has 0 saturated carbocycles. The lowest BCUT2D eigenvalue weighted by Gasteiger charge is -2.06. The largest absolute Gasteiger partial charge is 0.454 e. The number of ether oxygens (including phenoxy) is 4. The van der Waals surface area contributed by atoms with Gasteiger partial charge in [-0.1, -0.05) is 15.9 Å². The number of hydrogen-bond acceptors (Lipinski definition) is 5. The SMILES string of the molecule is O=C1Nc2ccc3c(c2C1=Cc1cc2c(cc1Br)OCO2)OCO3. The second-order valence-corrected chi connectivity index (χ2v) is 6.32. The van der Waals surface area contributed by atoms with Gasteiger partial charge in [0, 0.05) is 4.47 Å². The molecule has 0 spiro atoms. The third kappa shape index (κ3) is 1.91. The Hall–Kier alpha value is -2.67. The summed E-state index contributed by atoms with van der Waals surface area (Å²) in [5, 5.41) is 2.86. The molecule has 0 bridgehead atoms. The van der Waals surface area contributed by atoms with Crippen molar-refractivity contribution in [3.05, 3.63) is 39.9 Å². The normalized spacial score (nSPS) is 18.0. The number of amides is 1. The predicted octanol–water partition coefficient (Wildman–Crippen LogP) is 3.40. The van der Waals surface area contributed by atoms with Crippen LogP contribution in [0.15, 0.2) is 28.7 Å². The topological polar surface area (TPSA) is 66.0 Å². The quantitative estimate of drug-likeness (QED) is 0.759. The smallest absolute Gasteiger partial charge is 0.256 e. The summed E-state index contributed by atoms with van der Waals surface area (Å²) < 4.78 is 22.5. The molecule has 6 nitrogen and oxygen atoms in total. The summed E-state index contributed by atoms with van der Waals surface area (Å²) in [6.07, 6.45) is 1.80. The van der Waals surface area contributed by atoms with E-state index in [0.29, 0.717) is 34.3 Å². The first-order valence-electron chi connectivity index (χ1n) is 7.26. The maximum atomic E-state index is 12.4. The molecule has 24 heavy (non-hydrogen) atoms. The van der Waals surface area contributed by atoms with E-state index in [1.54, 1.807) is 12.1 Å². The van der Waals surface area contributed by atoms with Crippen molar-refractivity contribution in [3.63, 3.8) is 0 Å². The van der Waals surface area contributed by atoms with Gasteiger partial charge in [0.2, 0.25) is 13.6 Å². The standard InChI is InChI=1S/C17H10BrNO5/c18-10-5-14-13(22-6-23-14)4-8(10)3-9-15-11(19-17(9)20)1-2-12-16(15)24-7-21-12/h1-5H,6-7H2,(H,19,20). The Balaban J connectivity index is 1.68. The molecule has 5 rings (SSSR count). The minimum Gasteiger partial charge on any atom is -0.454 e. The van der Waals surface area contributed by atoms with Crippen LogP contribution in [-0.2, 0) is 4.79 Å². The molecule has 0 aromatic heterocycles. The predicted molar refractivity (Wildman–Crippen MR) is 89.3 cm³/mol. The molecule has 0 aliphatic carbocycles. The fraction of sp³-hybridized carbons (Fsp3) is 0.118. The molecule has 3 aliphatic heterocycles. The minimum atomic E-state index is -0.182. The number of anilines is 1. The number of fused-ring (bicyclic) bond motifs is 4. The number of carbonyl (C=O) groups is 1. The first kappa shape index (κ1) is 13.7. The Labute approximate surface area is 145 Å². The van der Waals surface area contributed by atoms with E-state index in [2.05, 4.69) is 21.2 Å².